The monoisotopic (exact) mass is 481 g/mol. The van der Waals surface area contributed by atoms with Crippen LogP contribution in [-0.2, 0) is 28.5 Å². The summed E-state index contributed by atoms with van der Waals surface area (Å²) in [6.45, 7) is 2.56. The molecule has 0 aliphatic heterocycles. The van der Waals surface area contributed by atoms with Crippen molar-refractivity contribution in [3.63, 3.8) is 0 Å². The maximum atomic E-state index is 13.7. The first kappa shape index (κ1) is 26.0. The molecule has 34 heavy (non-hydrogen) atoms. The molecule has 8 heteroatoms. The summed E-state index contributed by atoms with van der Waals surface area (Å²) in [5.41, 5.74) is 1.08. The molecule has 0 saturated heterocycles. The van der Waals surface area contributed by atoms with Gasteiger partial charge in [0.05, 0.1) is 19.3 Å². The van der Waals surface area contributed by atoms with E-state index < -0.39 is 23.5 Å². The van der Waals surface area contributed by atoms with Crippen LogP contribution >= 0.6 is 0 Å². The van der Waals surface area contributed by atoms with Crippen LogP contribution in [0.4, 0.5) is 17.6 Å². The quantitative estimate of drug-likeness (QED) is 0.343. The minimum absolute atomic E-state index is 0.00300. The highest BCUT2D eigenvalue weighted by atomic mass is 19.4. The molecule has 0 spiro atoms. The number of benzene rings is 2. The van der Waals surface area contributed by atoms with Crippen molar-refractivity contribution >= 4 is 5.97 Å². The second-order valence-electron chi connectivity index (χ2n) is 8.60. The molecular weight excluding hydrogens is 450 g/mol. The highest BCUT2D eigenvalue weighted by Crippen LogP contribution is 2.39. The Bertz CT molecular complexity index is 977. The van der Waals surface area contributed by atoms with E-state index in [0.717, 1.165) is 24.8 Å². The Morgan fingerprint density at radius 3 is 2.62 bits per heavy atom. The van der Waals surface area contributed by atoms with Crippen molar-refractivity contribution in [2.75, 3.05) is 20.3 Å². The number of carbonyl (C=O) groups excluding carboxylic acids is 1. The molecule has 1 aliphatic carbocycles. The standard InChI is InChI=1S/C26H31F4NO3/c1-3-34-25(32)11-8-18-5-6-20(16-22(18)26(28,29)30)19-7-9-21(15-19)31-13-12-17-4-10-23(27)24(14-17)33-2/h4-6,10,14,16,19,21,31H,3,7-9,11-13,15H2,1-2H3/t19-,21+/m1/s1. The summed E-state index contributed by atoms with van der Waals surface area (Å²) >= 11 is 0. The topological polar surface area (TPSA) is 47.6 Å². The van der Waals surface area contributed by atoms with Crippen LogP contribution in [0.15, 0.2) is 36.4 Å². The van der Waals surface area contributed by atoms with Gasteiger partial charge in [0.15, 0.2) is 11.6 Å². The number of ether oxygens (including phenoxy) is 2. The summed E-state index contributed by atoms with van der Waals surface area (Å²) in [5.74, 6) is -0.639. The van der Waals surface area contributed by atoms with Crippen LogP contribution in [0.1, 0.15) is 60.8 Å². The van der Waals surface area contributed by atoms with Crippen LogP contribution < -0.4 is 10.1 Å². The molecule has 0 unspecified atom stereocenters. The Morgan fingerprint density at radius 2 is 1.91 bits per heavy atom. The van der Waals surface area contributed by atoms with Crippen molar-refractivity contribution < 1.29 is 31.8 Å². The van der Waals surface area contributed by atoms with Gasteiger partial charge in [0.2, 0.25) is 0 Å². The average molecular weight is 482 g/mol. The molecule has 1 N–H and O–H groups in total. The van der Waals surface area contributed by atoms with Gasteiger partial charge in [-0.15, -0.1) is 0 Å². The van der Waals surface area contributed by atoms with Gasteiger partial charge >= 0.3 is 12.1 Å². The molecule has 0 aromatic heterocycles. The average Bonchev–Trinajstić information content (AvgIpc) is 3.27. The predicted octanol–water partition coefficient (Wildman–Crippen LogP) is 5.82. The lowest BCUT2D eigenvalue weighted by molar-refractivity contribution is -0.144. The van der Waals surface area contributed by atoms with Gasteiger partial charge < -0.3 is 14.8 Å². The smallest absolute Gasteiger partial charge is 0.416 e. The summed E-state index contributed by atoms with van der Waals surface area (Å²) in [5, 5.41) is 3.47. The molecule has 1 aliphatic rings. The largest absolute Gasteiger partial charge is 0.494 e. The van der Waals surface area contributed by atoms with Gasteiger partial charge in [-0.25, -0.2) is 4.39 Å². The van der Waals surface area contributed by atoms with E-state index in [4.69, 9.17) is 9.47 Å². The SMILES string of the molecule is CCOC(=O)CCc1ccc([C@@H]2CC[C@H](NCCc3ccc(F)c(OC)c3)C2)cc1C(F)(F)F. The van der Waals surface area contributed by atoms with Crippen molar-refractivity contribution in [2.45, 2.75) is 63.6 Å². The number of nitrogens with one attached hydrogen (secondary N) is 1. The molecular formula is C26H31F4NO3. The number of methoxy groups -OCH3 is 1. The van der Waals surface area contributed by atoms with E-state index in [2.05, 4.69) is 5.32 Å². The van der Waals surface area contributed by atoms with Crippen LogP contribution in [0.25, 0.3) is 0 Å². The zero-order valence-electron chi connectivity index (χ0n) is 19.5. The normalized spacial score (nSPS) is 18.2. The van der Waals surface area contributed by atoms with Crippen molar-refractivity contribution in [3.8, 4) is 5.75 Å². The Hall–Kier alpha value is -2.61. The Labute approximate surface area is 197 Å². The maximum absolute atomic E-state index is 13.7. The van der Waals surface area contributed by atoms with Gasteiger partial charge in [0.25, 0.3) is 0 Å². The van der Waals surface area contributed by atoms with E-state index in [9.17, 15) is 22.4 Å². The number of alkyl halides is 3. The first-order valence-electron chi connectivity index (χ1n) is 11.6. The van der Waals surface area contributed by atoms with Crippen LogP contribution in [-0.4, -0.2) is 32.3 Å². The molecule has 2 atom stereocenters. The van der Waals surface area contributed by atoms with Gasteiger partial charge in [-0.3, -0.25) is 4.79 Å². The first-order chi connectivity index (χ1) is 16.2. The molecule has 0 amide bonds. The van der Waals surface area contributed by atoms with Crippen molar-refractivity contribution in [1.29, 1.82) is 0 Å². The second kappa shape index (κ2) is 11.7. The fraction of sp³-hybridized carbons (Fsp3) is 0.500. The van der Waals surface area contributed by atoms with Crippen molar-refractivity contribution in [3.05, 3.63) is 64.5 Å². The summed E-state index contributed by atoms with van der Waals surface area (Å²) < 4.78 is 64.5. The molecule has 3 rings (SSSR count). The van der Waals surface area contributed by atoms with E-state index in [0.29, 0.717) is 18.5 Å². The van der Waals surface area contributed by atoms with Crippen molar-refractivity contribution in [1.82, 2.24) is 5.32 Å². The van der Waals surface area contributed by atoms with E-state index in [1.165, 1.54) is 25.3 Å². The van der Waals surface area contributed by atoms with Crippen LogP contribution in [0.3, 0.4) is 0 Å². The molecule has 2 aromatic rings. The number of esters is 1. The lowest BCUT2D eigenvalue weighted by Gasteiger charge is -2.18. The van der Waals surface area contributed by atoms with E-state index in [1.807, 2.05) is 0 Å². The lowest BCUT2D eigenvalue weighted by atomic mass is 9.92. The second-order valence-corrected chi connectivity index (χ2v) is 8.60. The summed E-state index contributed by atoms with van der Waals surface area (Å²) in [4.78, 5) is 11.6. The molecule has 2 aromatic carbocycles. The van der Waals surface area contributed by atoms with Gasteiger partial charge in [0.1, 0.15) is 0 Å². The van der Waals surface area contributed by atoms with E-state index in [-0.39, 0.29) is 42.7 Å². The Kier molecular flexibility index (Phi) is 8.94. The van der Waals surface area contributed by atoms with Crippen LogP contribution in [0.2, 0.25) is 0 Å². The van der Waals surface area contributed by atoms with E-state index in [1.54, 1.807) is 25.1 Å². The lowest BCUT2D eigenvalue weighted by Crippen LogP contribution is -2.28. The first-order valence-corrected chi connectivity index (χ1v) is 11.6. The predicted molar refractivity (Wildman–Crippen MR) is 121 cm³/mol. The van der Waals surface area contributed by atoms with Gasteiger partial charge in [-0.2, -0.15) is 13.2 Å². The fourth-order valence-electron chi connectivity index (χ4n) is 4.55. The fourth-order valence-corrected chi connectivity index (χ4v) is 4.55. The zero-order valence-corrected chi connectivity index (χ0v) is 19.5. The minimum atomic E-state index is -4.48. The number of hydrogen-bond acceptors (Lipinski definition) is 4. The zero-order chi connectivity index (χ0) is 24.7. The summed E-state index contributed by atoms with van der Waals surface area (Å²) in [6, 6.07) is 9.50. The molecule has 4 nitrogen and oxygen atoms in total. The highest BCUT2D eigenvalue weighted by molar-refractivity contribution is 5.69. The van der Waals surface area contributed by atoms with Gasteiger partial charge in [-0.1, -0.05) is 18.2 Å². The van der Waals surface area contributed by atoms with Crippen LogP contribution in [0.5, 0.6) is 5.75 Å². The Morgan fingerprint density at radius 1 is 1.12 bits per heavy atom. The van der Waals surface area contributed by atoms with E-state index >= 15 is 0 Å². The number of rotatable bonds is 10. The number of aryl methyl sites for hydroxylation is 1. The highest BCUT2D eigenvalue weighted by Gasteiger charge is 2.35. The molecule has 1 saturated carbocycles. The summed E-state index contributed by atoms with van der Waals surface area (Å²) in [7, 11) is 1.43. The van der Waals surface area contributed by atoms with Gasteiger partial charge in [0, 0.05) is 12.5 Å². The van der Waals surface area contributed by atoms with Crippen LogP contribution in [0, 0.1) is 5.82 Å². The molecule has 0 bridgehead atoms. The number of carbonyl (C=O) groups is 1. The maximum Gasteiger partial charge on any atom is 0.416 e. The molecule has 0 radical (unpaired) electrons. The third-order valence-corrected chi connectivity index (χ3v) is 6.31. The third kappa shape index (κ3) is 6.95. The molecule has 1 fully saturated rings. The number of hydrogen-bond donors (Lipinski definition) is 1. The molecule has 0 heterocycles. The summed E-state index contributed by atoms with van der Waals surface area (Å²) in [6.07, 6.45) is -1.42. The van der Waals surface area contributed by atoms with Gasteiger partial charge in [-0.05, 0) is 86.4 Å². The number of halogens is 4. The Balaban J connectivity index is 1.58. The minimum Gasteiger partial charge on any atom is -0.494 e. The molecule has 186 valence electrons. The third-order valence-electron chi connectivity index (χ3n) is 6.31. The van der Waals surface area contributed by atoms with Crippen molar-refractivity contribution in [2.24, 2.45) is 0 Å².